The van der Waals surface area contributed by atoms with Gasteiger partial charge in [-0.25, -0.2) is 4.79 Å². The zero-order valence-electron chi connectivity index (χ0n) is 13.2. The first-order valence-electron chi connectivity index (χ1n) is 8.13. The first kappa shape index (κ1) is 16.0. The van der Waals surface area contributed by atoms with Gasteiger partial charge in [0.1, 0.15) is 5.92 Å². The van der Waals surface area contributed by atoms with Gasteiger partial charge in [0, 0.05) is 6.04 Å². The van der Waals surface area contributed by atoms with Crippen LogP contribution < -0.4 is 5.32 Å². The SMILES string of the molecule is CCCC1CCC(N2C(=O)NC(=O)C(C(C)C)C2=O)CC1. The molecule has 0 radical (unpaired) electrons. The molecule has 2 fully saturated rings. The summed E-state index contributed by atoms with van der Waals surface area (Å²) in [6.07, 6.45) is 6.26. The number of nitrogens with zero attached hydrogens (tertiary/aromatic N) is 1. The fourth-order valence-corrected chi connectivity index (χ4v) is 3.64. The lowest BCUT2D eigenvalue weighted by Gasteiger charge is -2.40. The molecule has 4 amide bonds. The topological polar surface area (TPSA) is 66.5 Å². The first-order chi connectivity index (χ1) is 9.95. The fraction of sp³-hybridized carbons (Fsp3) is 0.812. The van der Waals surface area contributed by atoms with Crippen molar-refractivity contribution in [3.05, 3.63) is 0 Å². The van der Waals surface area contributed by atoms with E-state index in [1.165, 1.54) is 17.7 Å². The third kappa shape index (κ3) is 3.27. The molecule has 1 saturated carbocycles. The van der Waals surface area contributed by atoms with Crippen molar-refractivity contribution in [3.8, 4) is 0 Å². The molecule has 1 N–H and O–H groups in total. The van der Waals surface area contributed by atoms with Crippen molar-refractivity contribution in [2.24, 2.45) is 17.8 Å². The van der Waals surface area contributed by atoms with Gasteiger partial charge in [-0.05, 0) is 37.5 Å². The highest BCUT2D eigenvalue weighted by Crippen LogP contribution is 2.32. The summed E-state index contributed by atoms with van der Waals surface area (Å²) in [4.78, 5) is 37.8. The minimum atomic E-state index is -0.726. The van der Waals surface area contributed by atoms with Gasteiger partial charge in [-0.1, -0.05) is 33.6 Å². The van der Waals surface area contributed by atoms with Crippen molar-refractivity contribution in [2.45, 2.75) is 65.3 Å². The van der Waals surface area contributed by atoms with Gasteiger partial charge >= 0.3 is 6.03 Å². The summed E-state index contributed by atoms with van der Waals surface area (Å²) in [5.41, 5.74) is 0. The summed E-state index contributed by atoms with van der Waals surface area (Å²) in [6, 6.07) is -0.569. The van der Waals surface area contributed by atoms with Crippen LogP contribution in [-0.2, 0) is 9.59 Å². The maximum atomic E-state index is 12.5. The monoisotopic (exact) mass is 294 g/mol. The van der Waals surface area contributed by atoms with Gasteiger partial charge in [0.15, 0.2) is 0 Å². The summed E-state index contributed by atoms with van der Waals surface area (Å²) in [7, 11) is 0. The van der Waals surface area contributed by atoms with Gasteiger partial charge < -0.3 is 0 Å². The molecule has 1 unspecified atom stereocenters. The molecule has 0 spiro atoms. The van der Waals surface area contributed by atoms with Crippen LogP contribution in [-0.4, -0.2) is 28.8 Å². The molecule has 1 saturated heterocycles. The number of imide groups is 2. The summed E-state index contributed by atoms with van der Waals surface area (Å²) in [6.45, 7) is 5.87. The molecule has 1 atom stereocenters. The molecule has 21 heavy (non-hydrogen) atoms. The van der Waals surface area contributed by atoms with Crippen LogP contribution in [0.25, 0.3) is 0 Å². The molecule has 1 aliphatic carbocycles. The summed E-state index contributed by atoms with van der Waals surface area (Å²) in [5.74, 6) is -0.856. The van der Waals surface area contributed by atoms with E-state index in [9.17, 15) is 14.4 Å². The van der Waals surface area contributed by atoms with Crippen LogP contribution >= 0.6 is 0 Å². The summed E-state index contributed by atoms with van der Waals surface area (Å²) < 4.78 is 0. The number of rotatable bonds is 4. The molecule has 0 aromatic heterocycles. The number of carbonyl (C=O) groups is 3. The quantitative estimate of drug-likeness (QED) is 0.811. The standard InChI is InChI=1S/C16H26N2O3/c1-4-5-11-6-8-12(9-7-11)18-15(20)13(10(2)3)14(19)17-16(18)21/h10-13H,4-9H2,1-3H3,(H,17,19,21). The predicted octanol–water partition coefficient (Wildman–Crippen LogP) is 2.70. The summed E-state index contributed by atoms with van der Waals surface area (Å²) in [5, 5.41) is 2.35. The lowest BCUT2D eigenvalue weighted by Crippen LogP contribution is -2.62. The number of nitrogens with one attached hydrogen (secondary N) is 1. The van der Waals surface area contributed by atoms with E-state index < -0.39 is 17.9 Å². The van der Waals surface area contributed by atoms with Gasteiger partial charge in [0.2, 0.25) is 11.8 Å². The van der Waals surface area contributed by atoms with E-state index in [4.69, 9.17) is 0 Å². The Hall–Kier alpha value is -1.39. The van der Waals surface area contributed by atoms with Crippen molar-refractivity contribution in [3.63, 3.8) is 0 Å². The van der Waals surface area contributed by atoms with Gasteiger partial charge in [0.25, 0.3) is 0 Å². The highest BCUT2D eigenvalue weighted by atomic mass is 16.2. The molecular formula is C16H26N2O3. The van der Waals surface area contributed by atoms with E-state index in [2.05, 4.69) is 12.2 Å². The van der Waals surface area contributed by atoms with Crippen molar-refractivity contribution in [2.75, 3.05) is 0 Å². The van der Waals surface area contributed by atoms with Crippen molar-refractivity contribution in [1.82, 2.24) is 10.2 Å². The highest BCUT2D eigenvalue weighted by Gasteiger charge is 2.45. The third-order valence-electron chi connectivity index (χ3n) is 4.78. The van der Waals surface area contributed by atoms with Gasteiger partial charge in [-0.3, -0.25) is 19.8 Å². The van der Waals surface area contributed by atoms with Crippen LogP contribution in [0.3, 0.4) is 0 Å². The molecule has 0 bridgehead atoms. The Labute approximate surface area is 126 Å². The Morgan fingerprint density at radius 1 is 1.14 bits per heavy atom. The number of barbiturate groups is 1. The maximum Gasteiger partial charge on any atom is 0.331 e. The zero-order chi connectivity index (χ0) is 15.6. The van der Waals surface area contributed by atoms with E-state index in [-0.39, 0.29) is 17.9 Å². The smallest absolute Gasteiger partial charge is 0.277 e. The van der Waals surface area contributed by atoms with E-state index in [1.807, 2.05) is 13.8 Å². The van der Waals surface area contributed by atoms with Crippen LogP contribution in [0.1, 0.15) is 59.3 Å². The minimum Gasteiger partial charge on any atom is -0.277 e. The number of carbonyl (C=O) groups excluding carboxylic acids is 3. The number of urea groups is 1. The predicted molar refractivity (Wildman–Crippen MR) is 79.4 cm³/mol. The molecule has 2 rings (SSSR count). The molecule has 1 aliphatic heterocycles. The Bertz CT molecular complexity index is 425. The molecule has 5 nitrogen and oxygen atoms in total. The fourth-order valence-electron chi connectivity index (χ4n) is 3.64. The van der Waals surface area contributed by atoms with Crippen LogP contribution in [0.5, 0.6) is 0 Å². The lowest BCUT2D eigenvalue weighted by molar-refractivity contribution is -0.146. The zero-order valence-corrected chi connectivity index (χ0v) is 13.2. The number of hydrogen-bond donors (Lipinski definition) is 1. The average Bonchev–Trinajstić information content (AvgIpc) is 2.40. The third-order valence-corrected chi connectivity index (χ3v) is 4.78. The van der Waals surface area contributed by atoms with Crippen LogP contribution in [0.15, 0.2) is 0 Å². The second kappa shape index (κ2) is 6.58. The lowest BCUT2D eigenvalue weighted by atomic mass is 9.82. The molecule has 0 aromatic rings. The van der Waals surface area contributed by atoms with E-state index in [1.54, 1.807) is 0 Å². The Balaban J connectivity index is 2.06. The highest BCUT2D eigenvalue weighted by molar-refractivity contribution is 6.16. The van der Waals surface area contributed by atoms with Crippen molar-refractivity contribution < 1.29 is 14.4 Å². The molecule has 5 heteroatoms. The van der Waals surface area contributed by atoms with Crippen molar-refractivity contribution >= 4 is 17.8 Å². The average molecular weight is 294 g/mol. The molecule has 118 valence electrons. The minimum absolute atomic E-state index is 0.0417. The molecule has 1 heterocycles. The summed E-state index contributed by atoms with van der Waals surface area (Å²) >= 11 is 0. The number of hydrogen-bond acceptors (Lipinski definition) is 3. The largest absolute Gasteiger partial charge is 0.331 e. The van der Waals surface area contributed by atoms with Gasteiger partial charge in [-0.2, -0.15) is 0 Å². The van der Waals surface area contributed by atoms with Crippen molar-refractivity contribution in [1.29, 1.82) is 0 Å². The Morgan fingerprint density at radius 3 is 2.29 bits per heavy atom. The van der Waals surface area contributed by atoms with E-state index in [0.717, 1.165) is 31.6 Å². The van der Waals surface area contributed by atoms with Gasteiger partial charge in [0.05, 0.1) is 0 Å². The van der Waals surface area contributed by atoms with E-state index in [0.29, 0.717) is 0 Å². The van der Waals surface area contributed by atoms with Crippen LogP contribution in [0.4, 0.5) is 4.79 Å². The van der Waals surface area contributed by atoms with Gasteiger partial charge in [-0.15, -0.1) is 0 Å². The second-order valence-corrected chi connectivity index (χ2v) is 6.69. The second-order valence-electron chi connectivity index (χ2n) is 6.69. The first-order valence-corrected chi connectivity index (χ1v) is 8.13. The molecule has 0 aromatic carbocycles. The number of amides is 4. The maximum absolute atomic E-state index is 12.5. The van der Waals surface area contributed by atoms with Crippen LogP contribution in [0, 0.1) is 17.8 Å². The van der Waals surface area contributed by atoms with E-state index >= 15 is 0 Å². The molecular weight excluding hydrogens is 268 g/mol. The van der Waals surface area contributed by atoms with Crippen LogP contribution in [0.2, 0.25) is 0 Å². The normalized spacial score (nSPS) is 30.8. The Kier molecular flexibility index (Phi) is 5.01. The molecule has 2 aliphatic rings. The Morgan fingerprint density at radius 2 is 1.76 bits per heavy atom.